The van der Waals surface area contributed by atoms with Gasteiger partial charge in [-0.15, -0.1) is 0 Å². The molecule has 0 fully saturated rings. The highest BCUT2D eigenvalue weighted by atomic mass is 15.2. The molecule has 2 heteroatoms. The molecule has 36 heavy (non-hydrogen) atoms. The van der Waals surface area contributed by atoms with Gasteiger partial charge < -0.3 is 0 Å². The van der Waals surface area contributed by atoms with E-state index in [1.165, 1.54) is 55.9 Å². The number of aryl methyl sites for hydroxylation is 2. The first-order valence-corrected chi connectivity index (χ1v) is 13.6. The van der Waals surface area contributed by atoms with Crippen LogP contribution in [-0.2, 0) is 12.5 Å². The van der Waals surface area contributed by atoms with Gasteiger partial charge in [0.15, 0.2) is 11.0 Å². The molecule has 0 saturated carbocycles. The normalized spacial score (nSPS) is 12.5. The summed E-state index contributed by atoms with van der Waals surface area (Å²) in [6.45, 7) is 23.0. The number of fused-ring (bicyclic) bond motifs is 1. The Labute approximate surface area is 219 Å². The van der Waals surface area contributed by atoms with Gasteiger partial charge in [0.2, 0.25) is 0 Å². The van der Waals surface area contributed by atoms with E-state index in [1.807, 2.05) is 0 Å². The molecule has 0 radical (unpaired) electrons. The van der Waals surface area contributed by atoms with Crippen molar-refractivity contribution in [3.8, 4) is 17.1 Å². The third-order valence-electron chi connectivity index (χ3n) is 7.71. The number of imidazole rings is 1. The van der Waals surface area contributed by atoms with Gasteiger partial charge in [0.05, 0.1) is 12.6 Å². The Hall–Kier alpha value is -2.87. The average molecular weight is 482 g/mol. The lowest BCUT2D eigenvalue weighted by molar-refractivity contribution is -0.557. The van der Waals surface area contributed by atoms with E-state index in [0.29, 0.717) is 17.8 Å². The molecule has 190 valence electrons. The zero-order valence-electron chi connectivity index (χ0n) is 24.3. The van der Waals surface area contributed by atoms with Gasteiger partial charge in [-0.1, -0.05) is 98.7 Å². The Morgan fingerprint density at radius 3 is 1.89 bits per heavy atom. The fourth-order valence-corrected chi connectivity index (χ4v) is 5.36. The summed E-state index contributed by atoms with van der Waals surface area (Å²) in [6.07, 6.45) is 0. The molecule has 2 nitrogen and oxygen atoms in total. The van der Waals surface area contributed by atoms with Crippen molar-refractivity contribution in [2.45, 2.75) is 92.4 Å². The van der Waals surface area contributed by atoms with E-state index in [4.69, 9.17) is 0 Å². The number of aromatic nitrogens is 2. The molecule has 0 amide bonds. The van der Waals surface area contributed by atoms with E-state index in [0.717, 1.165) is 0 Å². The van der Waals surface area contributed by atoms with E-state index >= 15 is 0 Å². The van der Waals surface area contributed by atoms with Crippen LogP contribution in [0.25, 0.3) is 28.1 Å². The van der Waals surface area contributed by atoms with Crippen molar-refractivity contribution in [2.75, 3.05) is 0 Å². The molecule has 0 atom stereocenters. The Morgan fingerprint density at radius 1 is 0.750 bits per heavy atom. The third kappa shape index (κ3) is 4.51. The molecule has 3 aromatic carbocycles. The van der Waals surface area contributed by atoms with Crippen molar-refractivity contribution in [3.63, 3.8) is 0 Å². The Balaban J connectivity index is 2.23. The van der Waals surface area contributed by atoms with Crippen molar-refractivity contribution in [1.82, 2.24) is 4.57 Å². The minimum absolute atomic E-state index is 0.0849. The highest BCUT2D eigenvalue weighted by Crippen LogP contribution is 2.35. The maximum absolute atomic E-state index is 2.57. The van der Waals surface area contributed by atoms with Gasteiger partial charge in [-0.3, -0.25) is 0 Å². The average Bonchev–Trinajstić information content (AvgIpc) is 3.09. The molecule has 0 aliphatic carbocycles. The molecule has 0 saturated heterocycles. The van der Waals surface area contributed by atoms with Crippen molar-refractivity contribution in [1.29, 1.82) is 0 Å². The van der Waals surface area contributed by atoms with Gasteiger partial charge >= 0.3 is 0 Å². The van der Waals surface area contributed by atoms with E-state index < -0.39 is 0 Å². The number of benzene rings is 3. The summed E-state index contributed by atoms with van der Waals surface area (Å²) < 4.78 is 5.00. The molecular weight excluding hydrogens is 436 g/mol. The summed E-state index contributed by atoms with van der Waals surface area (Å²) in [6, 6.07) is 21.0. The van der Waals surface area contributed by atoms with E-state index in [-0.39, 0.29) is 5.41 Å². The van der Waals surface area contributed by atoms with Crippen molar-refractivity contribution in [2.24, 2.45) is 7.05 Å². The maximum Gasteiger partial charge on any atom is 0.295 e. The van der Waals surface area contributed by atoms with Crippen molar-refractivity contribution in [3.05, 3.63) is 82.4 Å². The van der Waals surface area contributed by atoms with Crippen LogP contribution in [0.3, 0.4) is 0 Å². The first kappa shape index (κ1) is 26.2. The number of para-hydroxylation sites is 1. The summed E-state index contributed by atoms with van der Waals surface area (Å²) in [5.41, 5.74) is 12.1. The van der Waals surface area contributed by atoms with Crippen LogP contribution in [0, 0.1) is 6.92 Å². The monoisotopic (exact) mass is 481 g/mol. The highest BCUT2D eigenvalue weighted by Gasteiger charge is 2.32. The molecular formula is C34H45N2+. The van der Waals surface area contributed by atoms with Gasteiger partial charge in [0, 0.05) is 11.1 Å². The van der Waals surface area contributed by atoms with Crippen molar-refractivity contribution < 1.29 is 4.57 Å². The molecule has 1 heterocycles. The van der Waals surface area contributed by atoms with Crippen LogP contribution in [0.1, 0.15) is 108 Å². The fourth-order valence-electron chi connectivity index (χ4n) is 5.36. The molecule has 1 aromatic heterocycles. The first-order chi connectivity index (χ1) is 16.8. The number of hydrogen-bond acceptors (Lipinski definition) is 0. The smallest absolute Gasteiger partial charge is 0.225 e. The van der Waals surface area contributed by atoms with Crippen LogP contribution < -0.4 is 4.57 Å². The lowest BCUT2D eigenvalue weighted by atomic mass is 9.85. The second-order valence-corrected chi connectivity index (χ2v) is 12.5. The van der Waals surface area contributed by atoms with Crippen LogP contribution in [0.4, 0.5) is 0 Å². The van der Waals surface area contributed by atoms with Crippen molar-refractivity contribution >= 4 is 11.0 Å². The maximum atomic E-state index is 2.57. The molecule has 0 unspecified atom stereocenters. The standard InChI is InChI=1S/C34H45N2/c1-21(2)25-16-18-30-31(19-25)35(11)33(29-20-26(34(8,9)10)17-15-24(29)7)36(30)32-27(22(3)4)13-12-14-28(32)23(5)6/h12-23H,1-11H3/q+1. The van der Waals surface area contributed by atoms with Crippen LogP contribution in [-0.4, -0.2) is 4.57 Å². The molecule has 4 aromatic rings. The van der Waals surface area contributed by atoms with Gasteiger partial charge in [-0.05, 0) is 65.0 Å². The topological polar surface area (TPSA) is 8.81 Å². The second-order valence-electron chi connectivity index (χ2n) is 12.5. The van der Waals surface area contributed by atoms with Crippen LogP contribution >= 0.6 is 0 Å². The molecule has 0 aliphatic rings. The number of rotatable bonds is 5. The molecule has 0 N–H and O–H groups in total. The predicted octanol–water partition coefficient (Wildman–Crippen LogP) is 9.10. The minimum Gasteiger partial charge on any atom is -0.225 e. The lowest BCUT2D eigenvalue weighted by Crippen LogP contribution is -2.36. The molecule has 4 rings (SSSR count). The van der Waals surface area contributed by atoms with Crippen LogP contribution in [0.15, 0.2) is 54.6 Å². The summed E-state index contributed by atoms with van der Waals surface area (Å²) in [7, 11) is 2.24. The van der Waals surface area contributed by atoms with E-state index in [2.05, 4.69) is 140 Å². The Bertz CT molecular complexity index is 1380. The van der Waals surface area contributed by atoms with Crippen LogP contribution in [0.5, 0.6) is 0 Å². The Kier molecular flexibility index (Phi) is 6.94. The molecule has 0 spiro atoms. The highest BCUT2D eigenvalue weighted by molar-refractivity contribution is 5.79. The summed E-state index contributed by atoms with van der Waals surface area (Å²) in [4.78, 5) is 0. The summed E-state index contributed by atoms with van der Waals surface area (Å²) >= 11 is 0. The Morgan fingerprint density at radius 2 is 1.36 bits per heavy atom. The number of nitrogens with zero attached hydrogens (tertiary/aromatic N) is 2. The zero-order valence-corrected chi connectivity index (χ0v) is 24.3. The molecule has 0 aliphatic heterocycles. The van der Waals surface area contributed by atoms with Crippen LogP contribution in [0.2, 0.25) is 0 Å². The number of hydrogen-bond donors (Lipinski definition) is 0. The summed E-state index contributed by atoms with van der Waals surface area (Å²) in [5, 5.41) is 0. The van der Waals surface area contributed by atoms with Gasteiger partial charge in [0.1, 0.15) is 5.69 Å². The molecule has 0 bridgehead atoms. The van der Waals surface area contributed by atoms with Gasteiger partial charge in [-0.25, -0.2) is 4.57 Å². The zero-order chi connectivity index (χ0) is 26.5. The SMILES string of the molecule is Cc1ccc(C(C)(C)C)cc1-c1n(C)c2cc(C(C)C)ccc2[n+]1-c1c(C(C)C)cccc1C(C)C. The minimum atomic E-state index is 0.0849. The third-order valence-corrected chi connectivity index (χ3v) is 7.71. The van der Waals surface area contributed by atoms with E-state index in [9.17, 15) is 0 Å². The van der Waals surface area contributed by atoms with E-state index in [1.54, 1.807) is 0 Å². The predicted molar refractivity (Wildman–Crippen MR) is 156 cm³/mol. The summed E-state index contributed by atoms with van der Waals surface area (Å²) in [5.74, 6) is 2.59. The lowest BCUT2D eigenvalue weighted by Gasteiger charge is -2.21. The fraction of sp³-hybridized carbons (Fsp3) is 0.441. The largest absolute Gasteiger partial charge is 0.295 e. The first-order valence-electron chi connectivity index (χ1n) is 13.6. The quantitative estimate of drug-likeness (QED) is 0.251. The van der Waals surface area contributed by atoms with Gasteiger partial charge in [0.25, 0.3) is 5.82 Å². The second kappa shape index (κ2) is 9.54. The van der Waals surface area contributed by atoms with Gasteiger partial charge in [-0.2, -0.15) is 4.57 Å².